The first kappa shape index (κ1) is 20.4. The van der Waals surface area contributed by atoms with Gasteiger partial charge in [-0.2, -0.15) is 0 Å². The summed E-state index contributed by atoms with van der Waals surface area (Å²) in [6.07, 6.45) is 4.20. The van der Waals surface area contributed by atoms with Gasteiger partial charge in [-0.05, 0) is 44.6 Å². The first-order valence-electron chi connectivity index (χ1n) is 9.52. The summed E-state index contributed by atoms with van der Waals surface area (Å²) in [5, 5.41) is 4.41. The maximum atomic E-state index is 12.6. The molecule has 0 N–H and O–H groups in total. The van der Waals surface area contributed by atoms with Gasteiger partial charge in [0.15, 0.2) is 6.61 Å². The van der Waals surface area contributed by atoms with Crippen LogP contribution in [0.2, 0.25) is 5.02 Å². The first-order chi connectivity index (χ1) is 13.4. The summed E-state index contributed by atoms with van der Waals surface area (Å²) in [6.45, 7) is 3.55. The van der Waals surface area contributed by atoms with Crippen LogP contribution in [-0.2, 0) is 9.53 Å². The minimum atomic E-state index is -0.646. The van der Waals surface area contributed by atoms with E-state index in [2.05, 4.69) is 12.1 Å². The van der Waals surface area contributed by atoms with Gasteiger partial charge in [-0.25, -0.2) is 4.79 Å². The van der Waals surface area contributed by atoms with Crippen LogP contribution in [0.4, 0.5) is 0 Å². The maximum Gasteiger partial charge on any atom is 0.344 e. The van der Waals surface area contributed by atoms with E-state index in [1.54, 1.807) is 43.1 Å². The van der Waals surface area contributed by atoms with Crippen molar-refractivity contribution in [2.75, 3.05) is 13.7 Å². The zero-order valence-electron chi connectivity index (χ0n) is 16.4. The van der Waals surface area contributed by atoms with Crippen LogP contribution < -0.4 is 0 Å². The van der Waals surface area contributed by atoms with Gasteiger partial charge in [0, 0.05) is 18.7 Å². The maximum absolute atomic E-state index is 12.6. The third kappa shape index (κ3) is 4.38. The zero-order chi connectivity index (χ0) is 20.3. The molecule has 1 aliphatic carbocycles. The Hall–Kier alpha value is -2.34. The number of ether oxygens (including phenoxy) is 1. The highest BCUT2D eigenvalue weighted by molar-refractivity contribution is 6.33. The monoisotopic (exact) mass is 404 g/mol. The average Bonchev–Trinajstić information content (AvgIpc) is 3.07. The van der Waals surface area contributed by atoms with Crippen LogP contribution in [0, 0.1) is 12.8 Å². The lowest BCUT2D eigenvalue weighted by atomic mass is 9.87. The van der Waals surface area contributed by atoms with Crippen LogP contribution in [0.25, 0.3) is 11.3 Å². The molecule has 0 atom stereocenters. The van der Waals surface area contributed by atoms with Crippen molar-refractivity contribution in [2.45, 2.75) is 45.6 Å². The molecule has 3 rings (SSSR count). The number of hydrogen-bond acceptors (Lipinski definition) is 5. The minimum Gasteiger partial charge on any atom is -0.452 e. The third-order valence-corrected chi connectivity index (χ3v) is 5.78. The number of hydrogen-bond donors (Lipinski definition) is 0. The Morgan fingerprint density at radius 1 is 1.25 bits per heavy atom. The summed E-state index contributed by atoms with van der Waals surface area (Å²) in [4.78, 5) is 26.8. The van der Waals surface area contributed by atoms with E-state index in [0.29, 0.717) is 28.0 Å². The summed E-state index contributed by atoms with van der Waals surface area (Å²) in [5.41, 5.74) is 1.08. The number of likely N-dealkylation sites (N-methyl/N-ethyl adjacent to an activating group) is 1. The van der Waals surface area contributed by atoms with E-state index in [1.807, 2.05) is 0 Å². The molecule has 1 aliphatic rings. The molecule has 150 valence electrons. The van der Waals surface area contributed by atoms with Crippen molar-refractivity contribution >= 4 is 23.5 Å². The van der Waals surface area contributed by atoms with Gasteiger partial charge in [-0.1, -0.05) is 41.9 Å². The molecule has 0 radical (unpaired) electrons. The van der Waals surface area contributed by atoms with Gasteiger partial charge in [0.05, 0.1) is 5.02 Å². The highest BCUT2D eigenvalue weighted by atomic mass is 35.5. The van der Waals surface area contributed by atoms with E-state index in [0.717, 1.165) is 25.7 Å². The number of nitrogens with zero attached hydrogens (tertiary/aromatic N) is 2. The van der Waals surface area contributed by atoms with Crippen molar-refractivity contribution in [3.05, 3.63) is 40.6 Å². The van der Waals surface area contributed by atoms with Gasteiger partial charge in [0.1, 0.15) is 17.0 Å². The standard InChI is InChI=1S/C21H25ClN2O4/c1-13-8-10-15(11-9-13)24(3)18(25)12-27-21(26)19-14(2)28-23-20(19)16-6-4-5-7-17(16)22/h4-7,13,15H,8-12H2,1-3H3. The Morgan fingerprint density at radius 3 is 2.61 bits per heavy atom. The SMILES string of the molecule is Cc1onc(-c2ccccc2Cl)c1C(=O)OCC(=O)N(C)C1CCC(C)CC1. The fourth-order valence-electron chi connectivity index (χ4n) is 3.58. The van der Waals surface area contributed by atoms with Crippen LogP contribution in [0.3, 0.4) is 0 Å². The van der Waals surface area contributed by atoms with E-state index in [9.17, 15) is 9.59 Å². The molecule has 1 saturated carbocycles. The average molecular weight is 405 g/mol. The molecule has 2 aromatic rings. The van der Waals surface area contributed by atoms with Crippen LogP contribution >= 0.6 is 11.6 Å². The van der Waals surface area contributed by atoms with Gasteiger partial charge in [0.2, 0.25) is 0 Å². The molecule has 7 heteroatoms. The quantitative estimate of drug-likeness (QED) is 0.686. The number of aryl methyl sites for hydroxylation is 1. The Balaban J connectivity index is 1.66. The van der Waals surface area contributed by atoms with Crippen molar-refractivity contribution in [1.82, 2.24) is 10.1 Å². The topological polar surface area (TPSA) is 72.6 Å². The Bertz CT molecular complexity index is 856. The van der Waals surface area contributed by atoms with Crippen LogP contribution in [0.1, 0.15) is 48.7 Å². The normalized spacial score (nSPS) is 19.3. The first-order valence-corrected chi connectivity index (χ1v) is 9.90. The number of rotatable bonds is 5. The smallest absolute Gasteiger partial charge is 0.344 e. The van der Waals surface area contributed by atoms with Crippen molar-refractivity contribution in [3.8, 4) is 11.3 Å². The second-order valence-corrected chi connectivity index (χ2v) is 7.84. The van der Waals surface area contributed by atoms with Crippen LogP contribution in [0.5, 0.6) is 0 Å². The summed E-state index contributed by atoms with van der Waals surface area (Å²) < 4.78 is 10.5. The van der Waals surface area contributed by atoms with Gasteiger partial charge >= 0.3 is 5.97 Å². The van der Waals surface area contributed by atoms with Crippen LogP contribution in [-0.4, -0.2) is 41.6 Å². The highest BCUT2D eigenvalue weighted by Gasteiger charge is 2.28. The largest absolute Gasteiger partial charge is 0.452 e. The number of carbonyl (C=O) groups excluding carboxylic acids is 2. The number of benzene rings is 1. The predicted octanol–water partition coefficient (Wildman–Crippen LogP) is 4.50. The second-order valence-electron chi connectivity index (χ2n) is 7.44. The predicted molar refractivity (Wildman–Crippen MR) is 106 cm³/mol. The lowest BCUT2D eigenvalue weighted by Gasteiger charge is -2.33. The Morgan fingerprint density at radius 2 is 1.93 bits per heavy atom. The number of halogens is 1. The summed E-state index contributed by atoms with van der Waals surface area (Å²) in [7, 11) is 1.77. The minimum absolute atomic E-state index is 0.190. The van der Waals surface area contributed by atoms with Crippen molar-refractivity contribution in [3.63, 3.8) is 0 Å². The lowest BCUT2D eigenvalue weighted by molar-refractivity contribution is -0.136. The molecule has 0 unspecified atom stereocenters. The van der Waals surface area contributed by atoms with Gasteiger partial charge in [0.25, 0.3) is 5.91 Å². The molecule has 1 fully saturated rings. The molecule has 1 heterocycles. The molecule has 6 nitrogen and oxygen atoms in total. The fourth-order valence-corrected chi connectivity index (χ4v) is 3.81. The van der Waals surface area contributed by atoms with E-state index < -0.39 is 5.97 Å². The fraction of sp³-hybridized carbons (Fsp3) is 0.476. The molecule has 1 aromatic heterocycles. The summed E-state index contributed by atoms with van der Waals surface area (Å²) in [6, 6.07) is 7.25. The van der Waals surface area contributed by atoms with E-state index >= 15 is 0 Å². The van der Waals surface area contributed by atoms with E-state index in [-0.39, 0.29) is 24.1 Å². The van der Waals surface area contributed by atoms with Gasteiger partial charge in [-0.3, -0.25) is 4.79 Å². The van der Waals surface area contributed by atoms with Crippen molar-refractivity contribution in [1.29, 1.82) is 0 Å². The summed E-state index contributed by atoms with van der Waals surface area (Å²) in [5.74, 6) is 0.174. The summed E-state index contributed by atoms with van der Waals surface area (Å²) >= 11 is 6.22. The lowest BCUT2D eigenvalue weighted by Crippen LogP contribution is -2.41. The molecular weight excluding hydrogens is 380 g/mol. The molecule has 0 bridgehead atoms. The highest BCUT2D eigenvalue weighted by Crippen LogP contribution is 2.31. The molecule has 28 heavy (non-hydrogen) atoms. The van der Waals surface area contributed by atoms with Gasteiger partial charge < -0.3 is 14.2 Å². The molecule has 1 aromatic carbocycles. The molecular formula is C21H25ClN2O4. The number of esters is 1. The van der Waals surface area contributed by atoms with Crippen molar-refractivity contribution < 1.29 is 18.8 Å². The van der Waals surface area contributed by atoms with Crippen LogP contribution in [0.15, 0.2) is 28.8 Å². The molecule has 1 amide bonds. The third-order valence-electron chi connectivity index (χ3n) is 5.45. The molecule has 0 saturated heterocycles. The van der Waals surface area contributed by atoms with Crippen molar-refractivity contribution in [2.24, 2.45) is 5.92 Å². The van der Waals surface area contributed by atoms with E-state index in [1.165, 1.54) is 0 Å². The Kier molecular flexibility index (Phi) is 6.39. The van der Waals surface area contributed by atoms with Gasteiger partial charge in [-0.15, -0.1) is 0 Å². The molecule has 0 spiro atoms. The zero-order valence-corrected chi connectivity index (χ0v) is 17.2. The number of aromatic nitrogens is 1. The second kappa shape index (κ2) is 8.78. The number of carbonyl (C=O) groups is 2. The number of amides is 1. The van der Waals surface area contributed by atoms with E-state index in [4.69, 9.17) is 20.9 Å². The Labute approximate surface area is 169 Å². The molecule has 0 aliphatic heterocycles.